The van der Waals surface area contributed by atoms with Gasteiger partial charge in [-0.25, -0.2) is 13.4 Å². The summed E-state index contributed by atoms with van der Waals surface area (Å²) in [5.74, 6) is -1.67. The van der Waals surface area contributed by atoms with Crippen LogP contribution in [-0.4, -0.2) is 29.2 Å². The molecule has 0 amide bonds. The van der Waals surface area contributed by atoms with Crippen molar-refractivity contribution in [3.8, 4) is 0 Å². The maximum absolute atomic E-state index is 12.0. The molecule has 17 heavy (non-hydrogen) atoms. The number of sulfone groups is 1. The van der Waals surface area contributed by atoms with Crippen molar-refractivity contribution < 1.29 is 18.3 Å². The van der Waals surface area contributed by atoms with Crippen LogP contribution in [0.15, 0.2) is 0 Å². The SMILES string of the molecule is Cc1nc(CS(=O)(=O)C(C)(C)C(=O)O)sc1C. The molecule has 0 spiro atoms. The molecule has 0 saturated heterocycles. The van der Waals surface area contributed by atoms with Gasteiger partial charge in [0, 0.05) is 4.88 Å². The molecule has 0 aliphatic heterocycles. The molecule has 0 saturated carbocycles. The van der Waals surface area contributed by atoms with E-state index in [-0.39, 0.29) is 5.75 Å². The number of aliphatic carboxylic acids is 1. The van der Waals surface area contributed by atoms with Crippen LogP contribution in [0.5, 0.6) is 0 Å². The molecule has 0 unspecified atom stereocenters. The number of thiazole rings is 1. The lowest BCUT2D eigenvalue weighted by Crippen LogP contribution is -2.41. The fraction of sp³-hybridized carbons (Fsp3) is 0.600. The number of carboxylic acid groups (broad SMARTS) is 1. The summed E-state index contributed by atoms with van der Waals surface area (Å²) < 4.78 is 22.1. The fourth-order valence-electron chi connectivity index (χ4n) is 1.08. The van der Waals surface area contributed by atoms with Gasteiger partial charge in [0.1, 0.15) is 10.8 Å². The van der Waals surface area contributed by atoms with Crippen molar-refractivity contribution in [2.45, 2.75) is 38.2 Å². The minimum Gasteiger partial charge on any atom is -0.480 e. The van der Waals surface area contributed by atoms with Crippen LogP contribution in [0, 0.1) is 13.8 Å². The van der Waals surface area contributed by atoms with E-state index in [1.165, 1.54) is 25.2 Å². The van der Waals surface area contributed by atoms with Gasteiger partial charge in [-0.3, -0.25) is 4.79 Å². The Bertz CT molecular complexity index is 523. The minimum atomic E-state index is -3.77. The average molecular weight is 277 g/mol. The summed E-state index contributed by atoms with van der Waals surface area (Å²) in [6.07, 6.45) is 0. The highest BCUT2D eigenvalue weighted by atomic mass is 32.2. The van der Waals surface area contributed by atoms with Crippen LogP contribution in [0.1, 0.15) is 29.4 Å². The van der Waals surface area contributed by atoms with Crippen molar-refractivity contribution in [2.24, 2.45) is 0 Å². The lowest BCUT2D eigenvalue weighted by Gasteiger charge is -2.18. The Morgan fingerprint density at radius 2 is 1.94 bits per heavy atom. The molecular formula is C10H15NO4S2. The molecule has 0 aliphatic rings. The van der Waals surface area contributed by atoms with E-state index in [0.29, 0.717) is 5.01 Å². The Morgan fingerprint density at radius 3 is 2.29 bits per heavy atom. The van der Waals surface area contributed by atoms with E-state index < -0.39 is 20.6 Å². The van der Waals surface area contributed by atoms with Gasteiger partial charge in [-0.15, -0.1) is 11.3 Å². The normalized spacial score (nSPS) is 12.7. The van der Waals surface area contributed by atoms with Crippen LogP contribution in [0.3, 0.4) is 0 Å². The molecule has 1 N–H and O–H groups in total. The minimum absolute atomic E-state index is 0.328. The number of hydrogen-bond donors (Lipinski definition) is 1. The van der Waals surface area contributed by atoms with Crippen LogP contribution in [0.2, 0.25) is 0 Å². The van der Waals surface area contributed by atoms with Crippen molar-refractivity contribution in [3.63, 3.8) is 0 Å². The van der Waals surface area contributed by atoms with Crippen LogP contribution in [-0.2, 0) is 20.4 Å². The average Bonchev–Trinajstić information content (AvgIpc) is 2.44. The maximum Gasteiger partial charge on any atom is 0.324 e. The van der Waals surface area contributed by atoms with Gasteiger partial charge in [-0.1, -0.05) is 0 Å². The molecule has 7 heteroatoms. The van der Waals surface area contributed by atoms with Crippen molar-refractivity contribution in [1.29, 1.82) is 0 Å². The number of carbonyl (C=O) groups is 1. The first-order valence-electron chi connectivity index (χ1n) is 4.96. The zero-order valence-electron chi connectivity index (χ0n) is 10.1. The zero-order chi connectivity index (χ0) is 13.4. The molecule has 96 valence electrons. The maximum atomic E-state index is 12.0. The largest absolute Gasteiger partial charge is 0.480 e. The number of hydrogen-bond acceptors (Lipinski definition) is 5. The molecule has 0 bridgehead atoms. The van der Waals surface area contributed by atoms with Gasteiger partial charge in [0.05, 0.1) is 5.69 Å². The number of nitrogens with zero attached hydrogens (tertiary/aromatic N) is 1. The monoisotopic (exact) mass is 277 g/mol. The van der Waals surface area contributed by atoms with Crippen molar-refractivity contribution >= 4 is 27.1 Å². The van der Waals surface area contributed by atoms with E-state index in [4.69, 9.17) is 5.11 Å². The standard InChI is InChI=1S/C10H15NO4S2/c1-6-7(2)16-8(11-6)5-17(14,15)10(3,4)9(12)13/h5H2,1-4H3,(H,12,13). The highest BCUT2D eigenvalue weighted by molar-refractivity contribution is 7.92. The number of carboxylic acids is 1. The quantitative estimate of drug-likeness (QED) is 0.902. The predicted molar refractivity (Wildman–Crippen MR) is 65.9 cm³/mol. The van der Waals surface area contributed by atoms with Gasteiger partial charge in [-0.05, 0) is 27.7 Å². The van der Waals surface area contributed by atoms with E-state index >= 15 is 0 Å². The van der Waals surface area contributed by atoms with Crippen LogP contribution >= 0.6 is 11.3 Å². The van der Waals surface area contributed by atoms with Crippen molar-refractivity contribution in [2.75, 3.05) is 0 Å². The highest BCUT2D eigenvalue weighted by Crippen LogP contribution is 2.25. The third-order valence-electron chi connectivity index (χ3n) is 2.68. The summed E-state index contributed by atoms with van der Waals surface area (Å²) >= 11 is 1.29. The first kappa shape index (κ1) is 14.1. The van der Waals surface area contributed by atoms with E-state index in [2.05, 4.69) is 4.98 Å². The molecule has 0 aliphatic carbocycles. The van der Waals surface area contributed by atoms with Gasteiger partial charge in [-0.2, -0.15) is 0 Å². The van der Waals surface area contributed by atoms with E-state index in [1.54, 1.807) is 6.92 Å². The first-order chi connectivity index (χ1) is 7.58. The fourth-order valence-corrected chi connectivity index (χ4v) is 3.52. The Hall–Kier alpha value is -0.950. The van der Waals surface area contributed by atoms with Crippen molar-refractivity contribution in [3.05, 3.63) is 15.6 Å². The number of rotatable bonds is 4. The lowest BCUT2D eigenvalue weighted by molar-refractivity contribution is -0.139. The Balaban J connectivity index is 3.06. The smallest absolute Gasteiger partial charge is 0.324 e. The second kappa shape index (κ2) is 4.38. The molecule has 0 aromatic carbocycles. The molecule has 1 aromatic rings. The summed E-state index contributed by atoms with van der Waals surface area (Å²) in [6, 6.07) is 0. The molecule has 0 fully saturated rings. The Morgan fingerprint density at radius 1 is 1.41 bits per heavy atom. The number of aromatic nitrogens is 1. The van der Waals surface area contributed by atoms with Gasteiger partial charge >= 0.3 is 5.97 Å². The third-order valence-corrected chi connectivity index (χ3v) is 6.32. The second-order valence-corrected chi connectivity index (χ2v) is 8.15. The van der Waals surface area contributed by atoms with E-state index in [9.17, 15) is 13.2 Å². The summed E-state index contributed by atoms with van der Waals surface area (Å²) in [6.45, 7) is 6.03. The van der Waals surface area contributed by atoms with E-state index in [1.807, 2.05) is 6.92 Å². The summed E-state index contributed by atoms with van der Waals surface area (Å²) in [4.78, 5) is 16.0. The second-order valence-electron chi connectivity index (χ2n) is 4.32. The molecule has 0 radical (unpaired) electrons. The molecular weight excluding hydrogens is 262 g/mol. The summed E-state index contributed by atoms with van der Waals surface area (Å²) in [5.41, 5.74) is 0.785. The van der Waals surface area contributed by atoms with Crippen LogP contribution < -0.4 is 0 Å². The molecule has 1 heterocycles. The molecule has 1 aromatic heterocycles. The van der Waals surface area contributed by atoms with Gasteiger partial charge in [0.2, 0.25) is 0 Å². The lowest BCUT2D eigenvalue weighted by atomic mass is 10.2. The predicted octanol–water partition coefficient (Wildman–Crippen LogP) is 1.54. The number of aryl methyl sites for hydroxylation is 2. The molecule has 1 rings (SSSR count). The molecule has 5 nitrogen and oxygen atoms in total. The van der Waals surface area contributed by atoms with Crippen molar-refractivity contribution in [1.82, 2.24) is 4.98 Å². The van der Waals surface area contributed by atoms with Gasteiger partial charge < -0.3 is 5.11 Å². The van der Waals surface area contributed by atoms with Gasteiger partial charge in [0.25, 0.3) is 0 Å². The van der Waals surface area contributed by atoms with Crippen LogP contribution in [0.25, 0.3) is 0 Å². The summed E-state index contributed by atoms with van der Waals surface area (Å²) in [5, 5.41) is 9.36. The Labute approximate surface area is 104 Å². The van der Waals surface area contributed by atoms with E-state index in [0.717, 1.165) is 10.6 Å². The third kappa shape index (κ3) is 2.66. The topological polar surface area (TPSA) is 84.3 Å². The van der Waals surface area contributed by atoms with Gasteiger partial charge in [0.15, 0.2) is 14.6 Å². The highest BCUT2D eigenvalue weighted by Gasteiger charge is 2.42. The zero-order valence-corrected chi connectivity index (χ0v) is 11.8. The first-order valence-corrected chi connectivity index (χ1v) is 7.43. The molecule has 0 atom stereocenters. The Kier molecular flexibility index (Phi) is 3.63. The van der Waals surface area contributed by atoms with Crippen LogP contribution in [0.4, 0.5) is 0 Å². The summed E-state index contributed by atoms with van der Waals surface area (Å²) in [7, 11) is -3.77.